The summed E-state index contributed by atoms with van der Waals surface area (Å²) in [5.41, 5.74) is 0.852. The van der Waals surface area contributed by atoms with Crippen LogP contribution in [0, 0.1) is 0 Å². The van der Waals surface area contributed by atoms with Crippen molar-refractivity contribution in [2.45, 2.75) is 26.0 Å². The van der Waals surface area contributed by atoms with Crippen LogP contribution in [0.25, 0.3) is 10.8 Å². The van der Waals surface area contributed by atoms with Crippen molar-refractivity contribution >= 4 is 16.7 Å². The second-order valence-electron chi connectivity index (χ2n) is 5.48. The summed E-state index contributed by atoms with van der Waals surface area (Å²) in [6, 6.07) is 14.1. The number of benzene rings is 2. The third-order valence-electron chi connectivity index (χ3n) is 3.23. The van der Waals surface area contributed by atoms with E-state index in [1.807, 2.05) is 56.3 Å². The molecule has 0 aliphatic carbocycles. The molecule has 0 saturated carbocycles. The Morgan fingerprint density at radius 2 is 1.86 bits per heavy atom. The molecule has 1 atom stereocenters. The van der Waals surface area contributed by atoms with Crippen LogP contribution in [-0.2, 0) is 4.79 Å². The summed E-state index contributed by atoms with van der Waals surface area (Å²) >= 11 is 0. The maximum Gasteiger partial charge on any atom is 0.234 e. The summed E-state index contributed by atoms with van der Waals surface area (Å²) in [6.07, 6.45) is -0.624. The lowest BCUT2D eigenvalue weighted by Crippen LogP contribution is -2.38. The van der Waals surface area contributed by atoms with Crippen LogP contribution in [0.15, 0.2) is 42.5 Å². The fraction of sp³-hybridized carbons (Fsp3) is 0.353. The molecule has 4 heteroatoms. The summed E-state index contributed by atoms with van der Waals surface area (Å²) in [7, 11) is 0. The zero-order valence-corrected chi connectivity index (χ0v) is 12.5. The van der Waals surface area contributed by atoms with Gasteiger partial charge in [0.05, 0.1) is 12.6 Å². The SMILES string of the molecule is CC(C)NC(=O)CNCC(O)c1ccc2ccccc2c1. The van der Waals surface area contributed by atoms with Crippen molar-refractivity contribution in [3.05, 3.63) is 48.0 Å². The molecule has 4 nitrogen and oxygen atoms in total. The number of carbonyl (C=O) groups is 1. The van der Waals surface area contributed by atoms with E-state index in [4.69, 9.17) is 0 Å². The van der Waals surface area contributed by atoms with Gasteiger partial charge in [0.25, 0.3) is 0 Å². The molecular formula is C17H22N2O2. The van der Waals surface area contributed by atoms with Gasteiger partial charge in [-0.3, -0.25) is 4.79 Å². The van der Waals surface area contributed by atoms with Crippen molar-refractivity contribution in [3.8, 4) is 0 Å². The number of carbonyl (C=O) groups excluding carboxylic acids is 1. The van der Waals surface area contributed by atoms with E-state index in [9.17, 15) is 9.90 Å². The molecule has 0 aromatic heterocycles. The van der Waals surface area contributed by atoms with Crippen LogP contribution in [0.5, 0.6) is 0 Å². The van der Waals surface area contributed by atoms with Crippen LogP contribution in [0.2, 0.25) is 0 Å². The molecule has 21 heavy (non-hydrogen) atoms. The van der Waals surface area contributed by atoms with Crippen LogP contribution in [-0.4, -0.2) is 30.1 Å². The molecular weight excluding hydrogens is 264 g/mol. The molecule has 0 fully saturated rings. The van der Waals surface area contributed by atoms with E-state index in [2.05, 4.69) is 10.6 Å². The smallest absolute Gasteiger partial charge is 0.234 e. The Hall–Kier alpha value is -1.91. The number of rotatable bonds is 6. The van der Waals surface area contributed by atoms with Gasteiger partial charge in [-0.25, -0.2) is 0 Å². The molecule has 0 aliphatic heterocycles. The van der Waals surface area contributed by atoms with Gasteiger partial charge in [-0.2, -0.15) is 0 Å². The highest BCUT2D eigenvalue weighted by atomic mass is 16.3. The molecule has 0 bridgehead atoms. The monoisotopic (exact) mass is 286 g/mol. The topological polar surface area (TPSA) is 61.4 Å². The summed E-state index contributed by atoms with van der Waals surface area (Å²) in [5, 5.41) is 18.2. The lowest BCUT2D eigenvalue weighted by atomic mass is 10.0. The maximum atomic E-state index is 11.5. The van der Waals surface area contributed by atoms with Gasteiger partial charge >= 0.3 is 0 Å². The van der Waals surface area contributed by atoms with Gasteiger partial charge in [0, 0.05) is 12.6 Å². The van der Waals surface area contributed by atoms with Crippen molar-refractivity contribution in [2.75, 3.05) is 13.1 Å². The van der Waals surface area contributed by atoms with Crippen molar-refractivity contribution in [3.63, 3.8) is 0 Å². The molecule has 1 amide bonds. The van der Waals surface area contributed by atoms with E-state index < -0.39 is 6.10 Å². The minimum Gasteiger partial charge on any atom is -0.387 e. The van der Waals surface area contributed by atoms with Crippen molar-refractivity contribution in [1.29, 1.82) is 0 Å². The minimum absolute atomic E-state index is 0.0595. The van der Waals surface area contributed by atoms with Crippen LogP contribution >= 0.6 is 0 Å². The number of hydrogen-bond acceptors (Lipinski definition) is 3. The molecule has 0 radical (unpaired) electrons. The lowest BCUT2D eigenvalue weighted by Gasteiger charge is -2.14. The van der Waals surface area contributed by atoms with E-state index in [1.165, 1.54) is 0 Å². The molecule has 0 saturated heterocycles. The van der Waals surface area contributed by atoms with Crippen LogP contribution in [0.1, 0.15) is 25.5 Å². The highest BCUT2D eigenvalue weighted by Gasteiger charge is 2.09. The molecule has 2 rings (SSSR count). The molecule has 112 valence electrons. The number of aliphatic hydroxyl groups is 1. The lowest BCUT2D eigenvalue weighted by molar-refractivity contribution is -0.120. The Morgan fingerprint density at radius 1 is 1.14 bits per heavy atom. The van der Waals surface area contributed by atoms with Gasteiger partial charge in [0.15, 0.2) is 0 Å². The van der Waals surface area contributed by atoms with Gasteiger partial charge in [0.2, 0.25) is 5.91 Å². The van der Waals surface area contributed by atoms with Crippen molar-refractivity contribution in [1.82, 2.24) is 10.6 Å². The normalized spacial score (nSPS) is 12.6. The standard InChI is InChI=1S/C17H22N2O2/c1-12(2)19-17(21)11-18-10-16(20)15-8-7-13-5-3-4-6-14(13)9-15/h3-9,12,16,18,20H,10-11H2,1-2H3,(H,19,21). The second kappa shape index (κ2) is 7.20. The Balaban J connectivity index is 1.90. The first-order valence-corrected chi connectivity index (χ1v) is 7.23. The average Bonchev–Trinajstić information content (AvgIpc) is 2.45. The first-order chi connectivity index (χ1) is 10.1. The van der Waals surface area contributed by atoms with E-state index >= 15 is 0 Å². The zero-order chi connectivity index (χ0) is 15.2. The molecule has 3 N–H and O–H groups in total. The average molecular weight is 286 g/mol. The molecule has 0 heterocycles. The first-order valence-electron chi connectivity index (χ1n) is 7.23. The number of hydrogen-bond donors (Lipinski definition) is 3. The summed E-state index contributed by atoms with van der Waals surface area (Å²) in [5.74, 6) is -0.0595. The Morgan fingerprint density at radius 3 is 2.57 bits per heavy atom. The number of fused-ring (bicyclic) bond motifs is 1. The van der Waals surface area contributed by atoms with Gasteiger partial charge in [0.1, 0.15) is 0 Å². The van der Waals surface area contributed by atoms with Crippen LogP contribution in [0.4, 0.5) is 0 Å². The highest BCUT2D eigenvalue weighted by molar-refractivity contribution is 5.83. The van der Waals surface area contributed by atoms with Gasteiger partial charge in [-0.15, -0.1) is 0 Å². The van der Waals surface area contributed by atoms with E-state index in [0.29, 0.717) is 6.54 Å². The predicted octanol–water partition coefficient (Wildman–Crippen LogP) is 1.99. The maximum absolute atomic E-state index is 11.5. The van der Waals surface area contributed by atoms with Crippen LogP contribution < -0.4 is 10.6 Å². The third kappa shape index (κ3) is 4.55. The zero-order valence-electron chi connectivity index (χ0n) is 12.5. The summed E-state index contributed by atoms with van der Waals surface area (Å²) in [6.45, 7) is 4.40. The molecule has 0 aliphatic rings. The van der Waals surface area contributed by atoms with E-state index in [-0.39, 0.29) is 18.5 Å². The molecule has 1 unspecified atom stereocenters. The summed E-state index contributed by atoms with van der Waals surface area (Å²) < 4.78 is 0. The molecule has 2 aromatic rings. The van der Waals surface area contributed by atoms with Crippen molar-refractivity contribution < 1.29 is 9.90 Å². The van der Waals surface area contributed by atoms with Crippen LogP contribution in [0.3, 0.4) is 0 Å². The number of amides is 1. The summed E-state index contributed by atoms with van der Waals surface area (Å²) in [4.78, 5) is 11.5. The largest absolute Gasteiger partial charge is 0.387 e. The van der Waals surface area contributed by atoms with Gasteiger partial charge in [-0.1, -0.05) is 36.4 Å². The fourth-order valence-corrected chi connectivity index (χ4v) is 2.23. The first kappa shape index (κ1) is 15.5. The molecule has 0 spiro atoms. The second-order valence-corrected chi connectivity index (χ2v) is 5.48. The predicted molar refractivity (Wildman–Crippen MR) is 85.1 cm³/mol. The van der Waals surface area contributed by atoms with E-state index in [0.717, 1.165) is 16.3 Å². The Labute approximate surface area is 125 Å². The highest BCUT2D eigenvalue weighted by Crippen LogP contribution is 2.19. The number of nitrogens with one attached hydrogen (secondary N) is 2. The van der Waals surface area contributed by atoms with Gasteiger partial charge in [-0.05, 0) is 36.2 Å². The Bertz CT molecular complexity index is 611. The quantitative estimate of drug-likeness (QED) is 0.761. The third-order valence-corrected chi connectivity index (χ3v) is 3.23. The number of aliphatic hydroxyl groups excluding tert-OH is 1. The van der Waals surface area contributed by atoms with Gasteiger partial charge < -0.3 is 15.7 Å². The molecule has 2 aromatic carbocycles. The fourth-order valence-electron chi connectivity index (χ4n) is 2.23. The van der Waals surface area contributed by atoms with E-state index in [1.54, 1.807) is 0 Å². The Kier molecular flexibility index (Phi) is 5.31. The van der Waals surface area contributed by atoms with Crippen molar-refractivity contribution in [2.24, 2.45) is 0 Å². The minimum atomic E-state index is -0.624.